The van der Waals surface area contributed by atoms with E-state index in [1.165, 1.54) is 28.7 Å². The summed E-state index contributed by atoms with van der Waals surface area (Å²) < 4.78 is 1.44. The summed E-state index contributed by atoms with van der Waals surface area (Å²) in [6, 6.07) is 3.43. The summed E-state index contributed by atoms with van der Waals surface area (Å²) in [5.41, 5.74) is 0.734. The number of thioether (sulfide) groups is 1. The molecule has 0 aliphatic rings. The molecule has 1 atom stereocenters. The molecule has 0 radical (unpaired) electrons. The van der Waals surface area contributed by atoms with E-state index >= 15 is 0 Å². The summed E-state index contributed by atoms with van der Waals surface area (Å²) in [5.74, 6) is 0.0810. The monoisotopic (exact) mass is 346 g/mol. The number of anilines is 1. The Morgan fingerprint density at radius 3 is 2.92 bits per heavy atom. The molecule has 1 unspecified atom stereocenters. The van der Waals surface area contributed by atoms with Crippen molar-refractivity contribution < 1.29 is 4.79 Å². The summed E-state index contributed by atoms with van der Waals surface area (Å²) in [7, 11) is 1.65. The van der Waals surface area contributed by atoms with Crippen LogP contribution in [0.4, 0.5) is 5.82 Å². The molecular weight excluding hydrogens is 328 g/mol. The molecule has 0 spiro atoms. The van der Waals surface area contributed by atoms with Gasteiger partial charge in [0.2, 0.25) is 5.91 Å². The Hall–Kier alpha value is -2.60. The van der Waals surface area contributed by atoms with Gasteiger partial charge < -0.3 is 10.3 Å². The number of nitrogens with one attached hydrogen (secondary N) is 2. The van der Waals surface area contributed by atoms with E-state index in [9.17, 15) is 9.59 Å². The number of carbonyl (C=O) groups is 1. The fourth-order valence-electron chi connectivity index (χ4n) is 2.04. The average Bonchev–Trinajstić information content (AvgIpc) is 2.92. The summed E-state index contributed by atoms with van der Waals surface area (Å²) in [4.78, 5) is 31.1. The Kier molecular flexibility index (Phi) is 5.76. The first-order valence-electron chi connectivity index (χ1n) is 7.48. The van der Waals surface area contributed by atoms with Gasteiger partial charge in [-0.25, -0.2) is 4.98 Å². The first-order valence-corrected chi connectivity index (χ1v) is 8.36. The second-order valence-corrected chi connectivity index (χ2v) is 6.23. The van der Waals surface area contributed by atoms with Crippen LogP contribution in [0.3, 0.4) is 0 Å². The van der Waals surface area contributed by atoms with Crippen molar-refractivity contribution in [2.75, 3.05) is 5.32 Å². The lowest BCUT2D eigenvalue weighted by atomic mass is 10.3. The van der Waals surface area contributed by atoms with Gasteiger partial charge in [-0.1, -0.05) is 25.6 Å². The van der Waals surface area contributed by atoms with Gasteiger partial charge in [0.25, 0.3) is 5.56 Å². The smallest absolute Gasteiger partial charge is 0.251 e. The minimum atomic E-state index is -0.457. The first-order chi connectivity index (χ1) is 11.5. The van der Waals surface area contributed by atoms with Crippen LogP contribution in [0, 0.1) is 11.3 Å². The Morgan fingerprint density at radius 2 is 2.29 bits per heavy atom. The van der Waals surface area contributed by atoms with E-state index < -0.39 is 5.25 Å². The van der Waals surface area contributed by atoms with Crippen molar-refractivity contribution in [1.29, 1.82) is 5.26 Å². The number of hydrogen-bond donors (Lipinski definition) is 2. The fourth-order valence-corrected chi connectivity index (χ4v) is 2.97. The molecule has 2 heterocycles. The van der Waals surface area contributed by atoms with Crippen LogP contribution in [0.5, 0.6) is 0 Å². The SMILES string of the molecule is CCc1cc(=O)[nH]c(SC(CC)C(=O)Nc2c(C#N)cnn2C)n1. The van der Waals surface area contributed by atoms with Crippen molar-refractivity contribution >= 4 is 23.5 Å². The van der Waals surface area contributed by atoms with Gasteiger partial charge in [-0.05, 0) is 12.8 Å². The van der Waals surface area contributed by atoms with Crippen LogP contribution in [0.2, 0.25) is 0 Å². The minimum Gasteiger partial charge on any atom is -0.309 e. The van der Waals surface area contributed by atoms with E-state index in [1.54, 1.807) is 7.05 Å². The zero-order chi connectivity index (χ0) is 17.7. The summed E-state index contributed by atoms with van der Waals surface area (Å²) in [6.07, 6.45) is 2.57. The quantitative estimate of drug-likeness (QED) is 0.604. The van der Waals surface area contributed by atoms with Crippen molar-refractivity contribution in [2.45, 2.75) is 37.1 Å². The van der Waals surface area contributed by atoms with E-state index in [0.29, 0.717) is 35.1 Å². The van der Waals surface area contributed by atoms with E-state index in [1.807, 2.05) is 19.9 Å². The number of nitrogens with zero attached hydrogens (tertiary/aromatic N) is 4. The molecular formula is C15H18N6O2S. The third kappa shape index (κ3) is 4.02. The van der Waals surface area contributed by atoms with E-state index in [0.717, 1.165) is 0 Å². The van der Waals surface area contributed by atoms with E-state index in [2.05, 4.69) is 20.4 Å². The summed E-state index contributed by atoms with van der Waals surface area (Å²) >= 11 is 1.19. The van der Waals surface area contributed by atoms with Crippen molar-refractivity contribution in [2.24, 2.45) is 7.05 Å². The highest BCUT2D eigenvalue weighted by molar-refractivity contribution is 8.00. The number of carbonyl (C=O) groups excluding carboxylic acids is 1. The normalized spacial score (nSPS) is 11.8. The molecule has 0 fully saturated rings. The van der Waals surface area contributed by atoms with Crippen molar-refractivity contribution in [3.05, 3.63) is 33.9 Å². The van der Waals surface area contributed by atoms with E-state index in [-0.39, 0.29) is 11.5 Å². The van der Waals surface area contributed by atoms with E-state index in [4.69, 9.17) is 5.26 Å². The molecule has 0 aliphatic heterocycles. The van der Waals surface area contributed by atoms with Crippen LogP contribution in [-0.4, -0.2) is 30.9 Å². The third-order valence-electron chi connectivity index (χ3n) is 3.35. The van der Waals surface area contributed by atoms with Gasteiger partial charge in [0.1, 0.15) is 17.5 Å². The van der Waals surface area contributed by atoms with Gasteiger partial charge in [0.15, 0.2) is 5.16 Å². The maximum atomic E-state index is 12.5. The number of rotatable bonds is 6. The molecule has 2 N–H and O–H groups in total. The molecule has 24 heavy (non-hydrogen) atoms. The average molecular weight is 346 g/mol. The highest BCUT2D eigenvalue weighted by Crippen LogP contribution is 2.23. The highest BCUT2D eigenvalue weighted by atomic mass is 32.2. The number of hydrogen-bond acceptors (Lipinski definition) is 6. The lowest BCUT2D eigenvalue weighted by Gasteiger charge is -2.14. The number of H-pyrrole nitrogens is 1. The maximum absolute atomic E-state index is 12.5. The number of nitriles is 1. The predicted molar refractivity (Wildman–Crippen MR) is 90.7 cm³/mol. The van der Waals surface area contributed by atoms with Crippen LogP contribution in [0.15, 0.2) is 22.2 Å². The highest BCUT2D eigenvalue weighted by Gasteiger charge is 2.22. The van der Waals surface area contributed by atoms with Crippen molar-refractivity contribution in [3.8, 4) is 6.07 Å². The van der Waals surface area contributed by atoms with Crippen LogP contribution < -0.4 is 10.9 Å². The van der Waals surface area contributed by atoms with Crippen LogP contribution in [0.1, 0.15) is 31.5 Å². The molecule has 2 aromatic rings. The summed E-state index contributed by atoms with van der Waals surface area (Å²) in [6.45, 7) is 3.78. The molecule has 0 saturated heterocycles. The Balaban J connectivity index is 2.18. The predicted octanol–water partition coefficient (Wildman–Crippen LogP) is 1.45. The largest absolute Gasteiger partial charge is 0.309 e. The molecule has 0 saturated carbocycles. The van der Waals surface area contributed by atoms with Crippen molar-refractivity contribution in [1.82, 2.24) is 19.7 Å². The molecule has 2 aromatic heterocycles. The second kappa shape index (κ2) is 7.79. The van der Waals surface area contributed by atoms with Gasteiger partial charge in [-0.2, -0.15) is 10.4 Å². The van der Waals surface area contributed by atoms with Gasteiger partial charge in [-0.15, -0.1) is 0 Å². The van der Waals surface area contributed by atoms with Crippen LogP contribution in [-0.2, 0) is 18.3 Å². The van der Waals surface area contributed by atoms with Gasteiger partial charge in [0.05, 0.1) is 11.4 Å². The van der Waals surface area contributed by atoms with Crippen LogP contribution >= 0.6 is 11.8 Å². The van der Waals surface area contributed by atoms with Crippen molar-refractivity contribution in [3.63, 3.8) is 0 Å². The third-order valence-corrected chi connectivity index (χ3v) is 4.60. The second-order valence-electron chi connectivity index (χ2n) is 5.04. The zero-order valence-electron chi connectivity index (χ0n) is 13.7. The maximum Gasteiger partial charge on any atom is 0.251 e. The fraction of sp³-hybridized carbons (Fsp3) is 0.400. The molecule has 1 amide bonds. The molecule has 2 rings (SSSR count). The summed E-state index contributed by atoms with van der Waals surface area (Å²) in [5, 5.41) is 15.7. The molecule has 0 aliphatic carbocycles. The molecule has 126 valence electrons. The molecule has 8 nitrogen and oxygen atoms in total. The lowest BCUT2D eigenvalue weighted by Crippen LogP contribution is -2.26. The molecule has 9 heteroatoms. The van der Waals surface area contributed by atoms with Gasteiger partial charge in [0, 0.05) is 18.8 Å². The lowest BCUT2D eigenvalue weighted by molar-refractivity contribution is -0.115. The minimum absolute atomic E-state index is 0.238. The molecule has 0 bridgehead atoms. The first kappa shape index (κ1) is 17.7. The Labute approximate surface area is 143 Å². The van der Waals surface area contributed by atoms with Crippen LogP contribution in [0.25, 0.3) is 0 Å². The zero-order valence-corrected chi connectivity index (χ0v) is 14.5. The van der Waals surface area contributed by atoms with Gasteiger partial charge >= 0.3 is 0 Å². The number of aromatic nitrogens is 4. The number of aromatic amines is 1. The number of amides is 1. The standard InChI is InChI=1S/C15H18N6O2S/c1-4-10-6-12(22)19-15(18-10)24-11(5-2)14(23)20-13-9(7-16)8-17-21(13)3/h6,8,11H,4-5H2,1-3H3,(H,20,23)(H,18,19,22). The topological polar surface area (TPSA) is 116 Å². The van der Waals surface area contributed by atoms with Gasteiger partial charge in [-0.3, -0.25) is 14.3 Å². The Bertz CT molecular complexity index is 835. The number of aryl methyl sites for hydroxylation is 2. The molecule has 0 aromatic carbocycles. The Morgan fingerprint density at radius 1 is 1.54 bits per heavy atom.